The van der Waals surface area contributed by atoms with Crippen molar-refractivity contribution < 1.29 is 14.3 Å². The number of hydrogen-bond donors (Lipinski definition) is 1. The summed E-state index contributed by atoms with van der Waals surface area (Å²) in [6.07, 6.45) is 4.23. The summed E-state index contributed by atoms with van der Waals surface area (Å²) in [5.74, 6) is 1.37. The molecule has 2 amide bonds. The molecule has 8 heteroatoms. The highest BCUT2D eigenvalue weighted by molar-refractivity contribution is 6.09. The van der Waals surface area contributed by atoms with Crippen LogP contribution >= 0.6 is 0 Å². The monoisotopic (exact) mass is 584 g/mol. The Morgan fingerprint density at radius 1 is 0.953 bits per heavy atom. The van der Waals surface area contributed by atoms with Crippen molar-refractivity contribution >= 4 is 28.4 Å². The van der Waals surface area contributed by atoms with Crippen molar-refractivity contribution in [2.75, 3.05) is 18.6 Å². The fraction of sp³-hybridized carbons (Fsp3) is 0.400. The number of rotatable bonds is 12. The fourth-order valence-electron chi connectivity index (χ4n) is 5.49. The molecule has 0 aliphatic carbocycles. The van der Waals surface area contributed by atoms with E-state index >= 15 is 0 Å². The highest BCUT2D eigenvalue weighted by Crippen LogP contribution is 2.45. The zero-order valence-electron chi connectivity index (χ0n) is 26.4. The van der Waals surface area contributed by atoms with E-state index < -0.39 is 6.03 Å². The van der Waals surface area contributed by atoms with Crippen LogP contribution in [0.1, 0.15) is 83.8 Å². The van der Waals surface area contributed by atoms with E-state index in [2.05, 4.69) is 46.5 Å². The van der Waals surface area contributed by atoms with Gasteiger partial charge in [0.1, 0.15) is 22.8 Å². The number of aryl methyl sites for hydroxylation is 1. The number of methoxy groups -OCH3 is 1. The molecule has 0 atom stereocenters. The standard InChI is InChI=1S/C35H44N4O4/c1-8-10-17-38-33-27(15-12-16-37-33)30(24-13-11-14-25(19-24)42-7)32(34(38)40)39(35(36)41)31-28(22(3)4)20-26(43-18-9-2)21-29(31)23(5)6/h11-16,19-23H,8-10,17-18H2,1-7H3,(H2,36,41). The molecule has 8 nitrogen and oxygen atoms in total. The Bertz CT molecular complexity index is 1630. The van der Waals surface area contributed by atoms with Crippen LogP contribution in [0.15, 0.2) is 59.5 Å². The second kappa shape index (κ2) is 13.8. The molecule has 0 spiro atoms. The quantitative estimate of drug-likeness (QED) is 0.181. The van der Waals surface area contributed by atoms with Gasteiger partial charge in [0.2, 0.25) is 0 Å². The number of amides is 2. The SMILES string of the molecule is CCCCn1c(=O)c(N(C(N)=O)c2c(C(C)C)cc(OCCC)cc2C(C)C)c(-c2cccc(OC)c2)c2cccnc21. The number of hydrogen-bond acceptors (Lipinski definition) is 5. The number of pyridine rings is 2. The van der Waals surface area contributed by atoms with Gasteiger partial charge in [-0.1, -0.05) is 60.1 Å². The van der Waals surface area contributed by atoms with E-state index in [-0.39, 0.29) is 23.1 Å². The average Bonchev–Trinajstić information content (AvgIpc) is 2.99. The lowest BCUT2D eigenvalue weighted by Crippen LogP contribution is -2.39. The van der Waals surface area contributed by atoms with Gasteiger partial charge in [0.25, 0.3) is 5.56 Å². The third-order valence-electron chi connectivity index (χ3n) is 7.62. The van der Waals surface area contributed by atoms with E-state index in [4.69, 9.17) is 15.2 Å². The second-order valence-electron chi connectivity index (χ2n) is 11.4. The molecule has 0 saturated carbocycles. The Hall–Kier alpha value is -4.33. The molecule has 0 radical (unpaired) electrons. The molecule has 0 aliphatic heterocycles. The number of nitrogens with zero attached hydrogens (tertiary/aromatic N) is 3. The summed E-state index contributed by atoms with van der Waals surface area (Å²) in [5.41, 5.74) is 10.4. The molecule has 43 heavy (non-hydrogen) atoms. The predicted molar refractivity (Wildman–Crippen MR) is 175 cm³/mol. The molecule has 0 saturated heterocycles. The topological polar surface area (TPSA) is 99.7 Å². The number of carbonyl (C=O) groups is 1. The van der Waals surface area contributed by atoms with Crippen molar-refractivity contribution in [3.63, 3.8) is 0 Å². The number of ether oxygens (including phenoxy) is 2. The van der Waals surface area contributed by atoms with Crippen molar-refractivity contribution in [2.24, 2.45) is 5.73 Å². The molecular formula is C35H44N4O4. The Labute approximate surface area is 254 Å². The van der Waals surface area contributed by atoms with Crippen molar-refractivity contribution in [2.45, 2.75) is 79.2 Å². The minimum Gasteiger partial charge on any atom is -0.497 e. The van der Waals surface area contributed by atoms with Crippen LogP contribution < -0.4 is 25.7 Å². The molecule has 0 unspecified atom stereocenters. The molecular weight excluding hydrogens is 540 g/mol. The van der Waals surface area contributed by atoms with Crippen molar-refractivity contribution in [1.82, 2.24) is 9.55 Å². The maximum atomic E-state index is 14.7. The van der Waals surface area contributed by atoms with E-state index in [0.29, 0.717) is 35.8 Å². The van der Waals surface area contributed by atoms with Crippen molar-refractivity contribution in [1.29, 1.82) is 0 Å². The first-order chi connectivity index (χ1) is 20.6. The molecule has 2 aromatic carbocycles. The Morgan fingerprint density at radius 3 is 2.23 bits per heavy atom. The lowest BCUT2D eigenvalue weighted by atomic mass is 9.90. The fourth-order valence-corrected chi connectivity index (χ4v) is 5.49. The van der Waals surface area contributed by atoms with Gasteiger partial charge < -0.3 is 15.2 Å². The third kappa shape index (κ3) is 6.38. The lowest BCUT2D eigenvalue weighted by molar-refractivity contribution is 0.256. The van der Waals surface area contributed by atoms with Gasteiger partial charge in [-0.25, -0.2) is 9.78 Å². The number of urea groups is 1. The predicted octanol–water partition coefficient (Wildman–Crippen LogP) is 8.12. The zero-order chi connectivity index (χ0) is 31.3. The molecule has 2 N–H and O–H groups in total. The molecule has 4 rings (SSSR count). The van der Waals surface area contributed by atoms with Crippen LogP contribution in [0.5, 0.6) is 11.5 Å². The summed E-state index contributed by atoms with van der Waals surface area (Å²) >= 11 is 0. The minimum atomic E-state index is -0.738. The molecule has 228 valence electrons. The normalized spacial score (nSPS) is 11.4. The van der Waals surface area contributed by atoms with E-state index in [1.54, 1.807) is 17.9 Å². The molecule has 4 aromatic rings. The van der Waals surface area contributed by atoms with Crippen LogP contribution in [0.3, 0.4) is 0 Å². The minimum absolute atomic E-state index is 0.00392. The number of fused-ring (bicyclic) bond motifs is 1. The first-order valence-electron chi connectivity index (χ1n) is 15.2. The number of aromatic nitrogens is 2. The molecule has 2 heterocycles. The zero-order valence-corrected chi connectivity index (χ0v) is 26.4. The van der Waals surface area contributed by atoms with Gasteiger partial charge >= 0.3 is 6.03 Å². The van der Waals surface area contributed by atoms with Gasteiger partial charge in [-0.15, -0.1) is 0 Å². The number of benzene rings is 2. The van der Waals surface area contributed by atoms with Crippen molar-refractivity contribution in [3.8, 4) is 22.6 Å². The summed E-state index contributed by atoms with van der Waals surface area (Å²) in [4.78, 5) is 34.6. The summed E-state index contributed by atoms with van der Waals surface area (Å²) in [6, 6.07) is 14.5. The summed E-state index contributed by atoms with van der Waals surface area (Å²) in [7, 11) is 1.60. The molecule has 0 fully saturated rings. The van der Waals surface area contributed by atoms with Crippen LogP contribution in [0.4, 0.5) is 16.2 Å². The van der Waals surface area contributed by atoms with Gasteiger partial charge in [-0.3, -0.25) is 14.3 Å². The van der Waals surface area contributed by atoms with E-state index in [1.807, 2.05) is 48.5 Å². The highest BCUT2D eigenvalue weighted by Gasteiger charge is 2.32. The van der Waals surface area contributed by atoms with Gasteiger partial charge in [0, 0.05) is 23.7 Å². The van der Waals surface area contributed by atoms with E-state index in [0.717, 1.165) is 47.1 Å². The van der Waals surface area contributed by atoms with E-state index in [1.165, 1.54) is 4.90 Å². The van der Waals surface area contributed by atoms with Crippen LogP contribution in [0, 0.1) is 0 Å². The second-order valence-corrected chi connectivity index (χ2v) is 11.4. The number of carbonyl (C=O) groups excluding carboxylic acids is 1. The van der Waals surface area contributed by atoms with Crippen LogP contribution in [-0.4, -0.2) is 29.3 Å². The van der Waals surface area contributed by atoms with Crippen LogP contribution in [0.25, 0.3) is 22.2 Å². The van der Waals surface area contributed by atoms with Crippen LogP contribution in [0.2, 0.25) is 0 Å². The summed E-state index contributed by atoms with van der Waals surface area (Å²) in [5, 5.41) is 0.743. The molecule has 0 aliphatic rings. The van der Waals surface area contributed by atoms with Crippen molar-refractivity contribution in [3.05, 3.63) is 76.2 Å². The Kier molecular flexibility index (Phi) is 10.1. The molecule has 2 aromatic heterocycles. The van der Waals surface area contributed by atoms with Gasteiger partial charge in [-0.05, 0) is 77.8 Å². The number of anilines is 2. The summed E-state index contributed by atoms with van der Waals surface area (Å²) in [6.45, 7) is 13.4. The number of unbranched alkanes of at least 4 members (excludes halogenated alkanes) is 1. The average molecular weight is 585 g/mol. The Morgan fingerprint density at radius 2 is 1.65 bits per heavy atom. The van der Waals surface area contributed by atoms with Gasteiger partial charge in [0.15, 0.2) is 0 Å². The largest absolute Gasteiger partial charge is 0.497 e. The van der Waals surface area contributed by atoms with Gasteiger partial charge in [0.05, 0.1) is 19.4 Å². The summed E-state index contributed by atoms with van der Waals surface area (Å²) < 4.78 is 13.3. The number of nitrogens with two attached hydrogens (primary N) is 1. The highest BCUT2D eigenvalue weighted by atomic mass is 16.5. The lowest BCUT2D eigenvalue weighted by Gasteiger charge is -2.31. The maximum Gasteiger partial charge on any atom is 0.324 e. The third-order valence-corrected chi connectivity index (χ3v) is 7.62. The first kappa shape index (κ1) is 31.6. The van der Waals surface area contributed by atoms with Gasteiger partial charge in [-0.2, -0.15) is 0 Å². The maximum absolute atomic E-state index is 14.7. The molecule has 0 bridgehead atoms. The Balaban J connectivity index is 2.21. The number of primary amides is 1. The van der Waals surface area contributed by atoms with E-state index in [9.17, 15) is 9.59 Å². The smallest absolute Gasteiger partial charge is 0.324 e. The first-order valence-corrected chi connectivity index (χ1v) is 15.2. The van der Waals surface area contributed by atoms with Crippen LogP contribution in [-0.2, 0) is 6.54 Å².